The fourth-order valence-electron chi connectivity index (χ4n) is 1.40. The van der Waals surface area contributed by atoms with Crippen LogP contribution >= 0.6 is 0 Å². The van der Waals surface area contributed by atoms with Crippen molar-refractivity contribution in [3.05, 3.63) is 35.6 Å². The highest BCUT2D eigenvalue weighted by Gasteiger charge is 2.14. The molecule has 0 aromatic heterocycles. The molecular weight excluding hydrogens is 233 g/mol. The van der Waals surface area contributed by atoms with Gasteiger partial charge in [0, 0.05) is 0 Å². The number of amides is 1. The second-order valence-electron chi connectivity index (χ2n) is 5.24. The van der Waals surface area contributed by atoms with E-state index in [9.17, 15) is 9.18 Å². The van der Waals surface area contributed by atoms with E-state index in [1.165, 1.54) is 12.1 Å². The first kappa shape index (κ1) is 14.6. The van der Waals surface area contributed by atoms with Crippen LogP contribution in [0, 0.1) is 5.82 Å². The highest BCUT2D eigenvalue weighted by atomic mass is 19.1. The summed E-state index contributed by atoms with van der Waals surface area (Å²) >= 11 is 0. The molecule has 0 saturated carbocycles. The van der Waals surface area contributed by atoms with Gasteiger partial charge in [-0.2, -0.15) is 0 Å². The van der Waals surface area contributed by atoms with Crippen molar-refractivity contribution in [2.45, 2.75) is 39.3 Å². The number of rotatable bonds is 4. The van der Waals surface area contributed by atoms with Crippen molar-refractivity contribution >= 4 is 5.91 Å². The average molecular weight is 253 g/mol. The normalized spacial score (nSPS) is 13.2. The van der Waals surface area contributed by atoms with Crippen LogP contribution < -0.4 is 5.32 Å². The first-order valence-electron chi connectivity index (χ1n) is 5.97. The van der Waals surface area contributed by atoms with E-state index in [0.717, 1.165) is 5.56 Å². The molecular formula is C14H20FNO2. The highest BCUT2D eigenvalue weighted by molar-refractivity contribution is 5.77. The number of nitrogens with one attached hydrogen (secondary N) is 1. The van der Waals surface area contributed by atoms with Gasteiger partial charge in [-0.1, -0.05) is 12.1 Å². The molecule has 0 radical (unpaired) electrons. The van der Waals surface area contributed by atoms with Crippen molar-refractivity contribution in [3.63, 3.8) is 0 Å². The molecule has 0 aliphatic carbocycles. The van der Waals surface area contributed by atoms with Gasteiger partial charge in [0.25, 0.3) is 0 Å². The van der Waals surface area contributed by atoms with Gasteiger partial charge in [-0.15, -0.1) is 0 Å². The van der Waals surface area contributed by atoms with Crippen LogP contribution in [-0.2, 0) is 9.53 Å². The van der Waals surface area contributed by atoms with E-state index in [0.29, 0.717) is 0 Å². The summed E-state index contributed by atoms with van der Waals surface area (Å²) < 4.78 is 18.1. The Morgan fingerprint density at radius 1 is 1.33 bits per heavy atom. The summed E-state index contributed by atoms with van der Waals surface area (Å²) in [4.78, 5) is 11.6. The maximum atomic E-state index is 12.8. The van der Waals surface area contributed by atoms with Crippen LogP contribution in [0.1, 0.15) is 39.3 Å². The van der Waals surface area contributed by atoms with Crippen LogP contribution in [0.25, 0.3) is 0 Å². The standard InChI is InChI=1S/C14H20FNO2/c1-10(11-5-7-12(15)8-6-11)16-13(17)9-18-14(2,3)4/h5-8,10H,9H2,1-4H3,(H,16,17). The number of hydrogen-bond acceptors (Lipinski definition) is 2. The number of carbonyl (C=O) groups excluding carboxylic acids is 1. The number of halogens is 1. The zero-order valence-corrected chi connectivity index (χ0v) is 11.3. The van der Waals surface area contributed by atoms with E-state index < -0.39 is 0 Å². The third-order valence-electron chi connectivity index (χ3n) is 2.38. The number of carbonyl (C=O) groups is 1. The Bertz CT molecular complexity index is 395. The molecule has 3 nitrogen and oxygen atoms in total. The topological polar surface area (TPSA) is 38.3 Å². The van der Waals surface area contributed by atoms with E-state index in [1.807, 2.05) is 27.7 Å². The van der Waals surface area contributed by atoms with Crippen LogP contribution in [0.2, 0.25) is 0 Å². The lowest BCUT2D eigenvalue weighted by Crippen LogP contribution is -2.33. The van der Waals surface area contributed by atoms with Gasteiger partial charge in [0.15, 0.2) is 0 Å². The Balaban J connectivity index is 2.47. The Kier molecular flexibility index (Phi) is 4.84. The maximum absolute atomic E-state index is 12.8. The minimum absolute atomic E-state index is 0.0229. The van der Waals surface area contributed by atoms with Crippen LogP contribution in [0.4, 0.5) is 4.39 Å². The Morgan fingerprint density at radius 2 is 1.89 bits per heavy atom. The van der Waals surface area contributed by atoms with E-state index in [-0.39, 0.29) is 30.0 Å². The van der Waals surface area contributed by atoms with Gasteiger partial charge in [0.1, 0.15) is 12.4 Å². The van der Waals surface area contributed by atoms with Crippen molar-refractivity contribution < 1.29 is 13.9 Å². The number of ether oxygens (including phenoxy) is 1. The second-order valence-corrected chi connectivity index (χ2v) is 5.24. The van der Waals surface area contributed by atoms with Gasteiger partial charge in [-0.3, -0.25) is 4.79 Å². The van der Waals surface area contributed by atoms with Crippen LogP contribution in [-0.4, -0.2) is 18.1 Å². The molecule has 0 spiro atoms. The van der Waals surface area contributed by atoms with E-state index in [4.69, 9.17) is 4.74 Å². The van der Waals surface area contributed by atoms with Crippen molar-refractivity contribution in [3.8, 4) is 0 Å². The van der Waals surface area contributed by atoms with Gasteiger partial charge < -0.3 is 10.1 Å². The van der Waals surface area contributed by atoms with Gasteiger partial charge in [-0.25, -0.2) is 4.39 Å². The quantitative estimate of drug-likeness (QED) is 0.896. The minimum atomic E-state index is -0.337. The molecule has 0 aliphatic heterocycles. The maximum Gasteiger partial charge on any atom is 0.246 e. The lowest BCUT2D eigenvalue weighted by atomic mass is 10.1. The SMILES string of the molecule is CC(NC(=O)COC(C)(C)C)c1ccc(F)cc1. The predicted octanol–water partition coefficient (Wildman–Crippen LogP) is 2.82. The minimum Gasteiger partial charge on any atom is -0.366 e. The summed E-state index contributed by atoms with van der Waals surface area (Å²) in [7, 11) is 0. The monoisotopic (exact) mass is 253 g/mol. The van der Waals surface area contributed by atoms with Gasteiger partial charge in [0.05, 0.1) is 11.6 Å². The Labute approximate surface area is 107 Å². The summed E-state index contributed by atoms with van der Waals surface area (Å²) in [6.07, 6.45) is 0. The summed E-state index contributed by atoms with van der Waals surface area (Å²) in [5.74, 6) is -0.463. The van der Waals surface area contributed by atoms with Crippen molar-refractivity contribution in [1.82, 2.24) is 5.32 Å². The first-order chi connectivity index (χ1) is 8.28. The molecule has 0 fully saturated rings. The first-order valence-corrected chi connectivity index (χ1v) is 5.97. The third kappa shape index (κ3) is 5.27. The lowest BCUT2D eigenvalue weighted by Gasteiger charge is -2.20. The zero-order chi connectivity index (χ0) is 13.8. The zero-order valence-electron chi connectivity index (χ0n) is 11.3. The average Bonchev–Trinajstić information content (AvgIpc) is 2.26. The smallest absolute Gasteiger partial charge is 0.246 e. The molecule has 1 unspecified atom stereocenters. The van der Waals surface area contributed by atoms with E-state index in [1.54, 1.807) is 12.1 Å². The molecule has 0 aliphatic rings. The van der Waals surface area contributed by atoms with Crippen LogP contribution in [0.5, 0.6) is 0 Å². The largest absolute Gasteiger partial charge is 0.366 e. The molecule has 0 bridgehead atoms. The highest BCUT2D eigenvalue weighted by Crippen LogP contribution is 2.13. The number of benzene rings is 1. The molecule has 1 amide bonds. The molecule has 1 N–H and O–H groups in total. The van der Waals surface area contributed by atoms with Crippen molar-refractivity contribution in [2.75, 3.05) is 6.61 Å². The Morgan fingerprint density at radius 3 is 2.39 bits per heavy atom. The van der Waals surface area contributed by atoms with Gasteiger partial charge in [-0.05, 0) is 45.4 Å². The van der Waals surface area contributed by atoms with E-state index >= 15 is 0 Å². The van der Waals surface area contributed by atoms with Gasteiger partial charge >= 0.3 is 0 Å². The number of hydrogen-bond donors (Lipinski definition) is 1. The van der Waals surface area contributed by atoms with Gasteiger partial charge in [0.2, 0.25) is 5.91 Å². The van der Waals surface area contributed by atoms with Crippen LogP contribution in [0.3, 0.4) is 0 Å². The molecule has 18 heavy (non-hydrogen) atoms. The van der Waals surface area contributed by atoms with Crippen LogP contribution in [0.15, 0.2) is 24.3 Å². The second kappa shape index (κ2) is 5.96. The van der Waals surface area contributed by atoms with E-state index in [2.05, 4.69) is 5.32 Å². The summed E-state index contributed by atoms with van der Waals surface area (Å²) in [6, 6.07) is 5.91. The lowest BCUT2D eigenvalue weighted by molar-refractivity contribution is -0.131. The molecule has 0 heterocycles. The molecule has 1 aromatic rings. The fraction of sp³-hybridized carbons (Fsp3) is 0.500. The molecule has 1 atom stereocenters. The fourth-order valence-corrected chi connectivity index (χ4v) is 1.40. The molecule has 1 aromatic carbocycles. The third-order valence-corrected chi connectivity index (χ3v) is 2.38. The molecule has 4 heteroatoms. The Hall–Kier alpha value is -1.42. The molecule has 1 rings (SSSR count). The molecule has 0 saturated heterocycles. The molecule has 100 valence electrons. The summed E-state index contributed by atoms with van der Waals surface area (Å²) in [5, 5.41) is 2.80. The van der Waals surface area contributed by atoms with Crippen molar-refractivity contribution in [1.29, 1.82) is 0 Å². The summed E-state index contributed by atoms with van der Waals surface area (Å²) in [6.45, 7) is 7.55. The van der Waals surface area contributed by atoms with Crippen molar-refractivity contribution in [2.24, 2.45) is 0 Å². The predicted molar refractivity (Wildman–Crippen MR) is 68.7 cm³/mol. The summed E-state index contributed by atoms with van der Waals surface area (Å²) in [5.41, 5.74) is 0.525.